The summed E-state index contributed by atoms with van der Waals surface area (Å²) in [5, 5.41) is 3.05. The van der Waals surface area contributed by atoms with Crippen LogP contribution in [0.2, 0.25) is 0 Å². The van der Waals surface area contributed by atoms with E-state index in [1.165, 1.54) is 44.9 Å². The summed E-state index contributed by atoms with van der Waals surface area (Å²) in [7, 11) is 0. The molecule has 5 nitrogen and oxygen atoms in total. The molecule has 1 aromatic heterocycles. The summed E-state index contributed by atoms with van der Waals surface area (Å²) in [6.07, 6.45) is 10.3. The number of nitrogens with one attached hydrogen (secondary N) is 1. The molecule has 0 bridgehead atoms. The predicted octanol–water partition coefficient (Wildman–Crippen LogP) is 6.43. The molecular weight excluding hydrogens is 398 g/mol. The van der Waals surface area contributed by atoms with E-state index in [9.17, 15) is 4.79 Å². The highest BCUT2D eigenvalue weighted by atomic mass is 16.5. The van der Waals surface area contributed by atoms with Gasteiger partial charge in [0.15, 0.2) is 6.61 Å². The van der Waals surface area contributed by atoms with Crippen molar-refractivity contribution >= 4 is 16.9 Å². The molecule has 2 aromatic carbocycles. The van der Waals surface area contributed by atoms with Gasteiger partial charge in [0.05, 0.1) is 17.1 Å². The van der Waals surface area contributed by atoms with Crippen molar-refractivity contribution in [3.63, 3.8) is 0 Å². The number of aromatic nitrogens is 2. The number of amides is 1. The van der Waals surface area contributed by atoms with Crippen LogP contribution in [0.4, 0.5) is 0 Å². The van der Waals surface area contributed by atoms with Crippen molar-refractivity contribution in [2.75, 3.05) is 6.61 Å². The average molecular weight is 436 g/mol. The Morgan fingerprint density at radius 1 is 0.938 bits per heavy atom. The van der Waals surface area contributed by atoms with E-state index in [-0.39, 0.29) is 18.6 Å². The second-order valence-electron chi connectivity index (χ2n) is 8.48. The number of hydrogen-bond acceptors (Lipinski definition) is 3. The maximum atomic E-state index is 12.5. The molecule has 0 spiro atoms. The molecule has 1 heterocycles. The van der Waals surface area contributed by atoms with Gasteiger partial charge in [-0.1, -0.05) is 82.2 Å². The van der Waals surface area contributed by atoms with Crippen molar-refractivity contribution < 1.29 is 9.53 Å². The van der Waals surface area contributed by atoms with E-state index >= 15 is 0 Å². The van der Waals surface area contributed by atoms with Gasteiger partial charge in [0, 0.05) is 6.54 Å². The normalized spacial score (nSPS) is 12.1. The van der Waals surface area contributed by atoms with Crippen LogP contribution >= 0.6 is 0 Å². The summed E-state index contributed by atoms with van der Waals surface area (Å²) in [5.41, 5.74) is 2.11. The van der Waals surface area contributed by atoms with E-state index in [1.54, 1.807) is 0 Å². The Labute approximate surface area is 192 Å². The maximum absolute atomic E-state index is 12.5. The lowest BCUT2D eigenvalue weighted by molar-refractivity contribution is -0.123. The van der Waals surface area contributed by atoms with Crippen LogP contribution in [0.1, 0.15) is 77.1 Å². The molecule has 0 aliphatic heterocycles. The minimum atomic E-state index is -0.191. The van der Waals surface area contributed by atoms with Crippen LogP contribution in [0, 0.1) is 0 Å². The molecule has 0 saturated carbocycles. The third-order valence-corrected chi connectivity index (χ3v) is 5.80. The van der Waals surface area contributed by atoms with Gasteiger partial charge >= 0.3 is 0 Å². The number of fused-ring (bicyclic) bond motifs is 1. The van der Waals surface area contributed by atoms with Gasteiger partial charge in [-0.3, -0.25) is 4.79 Å². The van der Waals surface area contributed by atoms with Crippen LogP contribution in [0.5, 0.6) is 5.75 Å². The summed E-state index contributed by atoms with van der Waals surface area (Å²) in [4.78, 5) is 17.3. The number of aryl methyl sites for hydroxylation is 1. The molecule has 32 heavy (non-hydrogen) atoms. The van der Waals surface area contributed by atoms with E-state index in [0.717, 1.165) is 29.8 Å². The van der Waals surface area contributed by atoms with E-state index < -0.39 is 0 Å². The smallest absolute Gasteiger partial charge is 0.258 e. The highest BCUT2D eigenvalue weighted by Crippen LogP contribution is 2.22. The van der Waals surface area contributed by atoms with Gasteiger partial charge in [0.1, 0.15) is 11.6 Å². The number of rotatable bonds is 14. The first-order valence-electron chi connectivity index (χ1n) is 12.1. The van der Waals surface area contributed by atoms with Crippen molar-refractivity contribution in [2.24, 2.45) is 0 Å². The highest BCUT2D eigenvalue weighted by molar-refractivity contribution is 5.79. The monoisotopic (exact) mass is 435 g/mol. The van der Waals surface area contributed by atoms with E-state index in [4.69, 9.17) is 9.72 Å². The number of hydrogen-bond donors (Lipinski definition) is 1. The Morgan fingerprint density at radius 2 is 1.59 bits per heavy atom. The van der Waals surface area contributed by atoms with E-state index in [1.807, 2.05) is 49.4 Å². The Kier molecular flexibility index (Phi) is 9.60. The molecule has 1 N–H and O–H groups in total. The van der Waals surface area contributed by atoms with Gasteiger partial charge in [-0.2, -0.15) is 0 Å². The molecule has 1 atom stereocenters. The number of para-hydroxylation sites is 3. The largest absolute Gasteiger partial charge is 0.484 e. The Bertz CT molecular complexity index is 952. The number of unbranched alkanes of at least 4 members (excludes halogenated alkanes) is 7. The van der Waals surface area contributed by atoms with Gasteiger partial charge < -0.3 is 14.6 Å². The summed E-state index contributed by atoms with van der Waals surface area (Å²) < 4.78 is 7.85. The topological polar surface area (TPSA) is 56.2 Å². The number of imidazole rings is 1. The first kappa shape index (κ1) is 23.8. The van der Waals surface area contributed by atoms with Crippen molar-refractivity contribution in [2.45, 2.75) is 77.8 Å². The molecule has 172 valence electrons. The molecule has 0 saturated heterocycles. The fraction of sp³-hybridized carbons (Fsp3) is 0.481. The average Bonchev–Trinajstić information content (AvgIpc) is 3.19. The molecule has 0 radical (unpaired) electrons. The number of carbonyl (C=O) groups excluding carboxylic acids is 1. The summed E-state index contributed by atoms with van der Waals surface area (Å²) in [6.45, 7) is 5.16. The lowest BCUT2D eigenvalue weighted by Crippen LogP contribution is -2.32. The third-order valence-electron chi connectivity index (χ3n) is 5.80. The zero-order valence-electron chi connectivity index (χ0n) is 19.6. The lowest BCUT2D eigenvalue weighted by Gasteiger charge is -2.17. The van der Waals surface area contributed by atoms with Crippen LogP contribution in [0.15, 0.2) is 54.6 Å². The molecule has 1 unspecified atom stereocenters. The standard InChI is InChI=1S/C27H37N3O2/c1-3-4-5-6-7-8-9-15-20-30-25-19-14-13-18-24(25)29-27(30)22(2)28-26(31)21-32-23-16-11-10-12-17-23/h10-14,16-19,22H,3-9,15,20-21H2,1-2H3,(H,28,31). The summed E-state index contributed by atoms with van der Waals surface area (Å²) in [5.74, 6) is 1.45. The SMILES string of the molecule is CCCCCCCCCCn1c(C(C)NC(=O)COc2ccccc2)nc2ccccc21. The Hall–Kier alpha value is -2.82. The molecule has 3 rings (SSSR count). The van der Waals surface area contributed by atoms with Crippen LogP contribution in [0.25, 0.3) is 11.0 Å². The van der Waals surface area contributed by atoms with E-state index in [2.05, 4.69) is 28.9 Å². The van der Waals surface area contributed by atoms with Gasteiger partial charge in [-0.25, -0.2) is 4.98 Å². The van der Waals surface area contributed by atoms with Gasteiger partial charge in [0.25, 0.3) is 5.91 Å². The number of ether oxygens (including phenoxy) is 1. The minimum absolute atomic E-state index is 0.00733. The van der Waals surface area contributed by atoms with Gasteiger partial charge in [-0.05, 0) is 37.6 Å². The molecular formula is C27H37N3O2. The summed E-state index contributed by atoms with van der Waals surface area (Å²) >= 11 is 0. The molecule has 3 aromatic rings. The lowest BCUT2D eigenvalue weighted by atomic mass is 10.1. The third kappa shape index (κ3) is 7.11. The Morgan fingerprint density at radius 3 is 2.34 bits per heavy atom. The van der Waals surface area contributed by atoms with Crippen LogP contribution in [-0.2, 0) is 11.3 Å². The number of benzene rings is 2. The number of carbonyl (C=O) groups is 1. The number of nitrogens with zero attached hydrogens (tertiary/aromatic N) is 2. The van der Waals surface area contributed by atoms with Crippen LogP contribution < -0.4 is 10.1 Å². The zero-order chi connectivity index (χ0) is 22.6. The highest BCUT2D eigenvalue weighted by Gasteiger charge is 2.18. The fourth-order valence-electron chi connectivity index (χ4n) is 4.08. The Balaban J connectivity index is 1.55. The summed E-state index contributed by atoms with van der Waals surface area (Å²) in [6, 6.07) is 17.4. The molecule has 0 aliphatic carbocycles. The van der Waals surface area contributed by atoms with Gasteiger partial charge in [-0.15, -0.1) is 0 Å². The van der Waals surface area contributed by atoms with Crippen LogP contribution in [-0.4, -0.2) is 22.1 Å². The minimum Gasteiger partial charge on any atom is -0.484 e. The molecule has 5 heteroatoms. The quantitative estimate of drug-likeness (QED) is 0.297. The van der Waals surface area contributed by atoms with Crippen LogP contribution in [0.3, 0.4) is 0 Å². The first-order valence-corrected chi connectivity index (χ1v) is 12.1. The van der Waals surface area contributed by atoms with Crippen molar-refractivity contribution in [1.29, 1.82) is 0 Å². The fourth-order valence-corrected chi connectivity index (χ4v) is 4.08. The van der Waals surface area contributed by atoms with Crippen molar-refractivity contribution in [1.82, 2.24) is 14.9 Å². The van der Waals surface area contributed by atoms with E-state index in [0.29, 0.717) is 5.75 Å². The van der Waals surface area contributed by atoms with Crippen molar-refractivity contribution in [3.8, 4) is 5.75 Å². The second kappa shape index (κ2) is 12.9. The second-order valence-corrected chi connectivity index (χ2v) is 8.48. The van der Waals surface area contributed by atoms with Gasteiger partial charge in [0.2, 0.25) is 0 Å². The first-order chi connectivity index (χ1) is 15.7. The maximum Gasteiger partial charge on any atom is 0.258 e. The predicted molar refractivity (Wildman–Crippen MR) is 131 cm³/mol. The molecule has 1 amide bonds. The van der Waals surface area contributed by atoms with Crippen molar-refractivity contribution in [3.05, 3.63) is 60.4 Å². The molecule has 0 aliphatic rings. The zero-order valence-corrected chi connectivity index (χ0v) is 19.6. The molecule has 0 fully saturated rings.